The normalized spacial score (nSPS) is 15.3. The summed E-state index contributed by atoms with van der Waals surface area (Å²) >= 11 is 4.24. The van der Waals surface area contributed by atoms with Crippen molar-refractivity contribution in [3.63, 3.8) is 0 Å². The van der Waals surface area contributed by atoms with Gasteiger partial charge in [-0.3, -0.25) is 9.59 Å². The largest absolute Gasteiger partial charge is 0.294 e. The number of rotatable bonds is 0. The molecule has 1 aliphatic rings. The molecule has 0 aromatic carbocycles. The first-order valence-electron chi connectivity index (χ1n) is 2.17. The maximum Gasteiger partial charge on any atom is 0.163 e. The highest BCUT2D eigenvalue weighted by Gasteiger charge is 2.09. The third-order valence-electron chi connectivity index (χ3n) is 0.804. The van der Waals surface area contributed by atoms with Crippen molar-refractivity contribution in [3.05, 3.63) is 12.2 Å². The van der Waals surface area contributed by atoms with Gasteiger partial charge in [0.2, 0.25) is 0 Å². The zero-order valence-corrected chi connectivity index (χ0v) is 8.75. The highest BCUT2D eigenvalue weighted by atomic mass is 128. The Bertz CT molecular complexity index is 135. The van der Waals surface area contributed by atoms with Crippen molar-refractivity contribution >= 4 is 48.8 Å². The van der Waals surface area contributed by atoms with Crippen molar-refractivity contribution in [2.24, 2.45) is 0 Å². The molecule has 0 heterocycles. The summed E-state index contributed by atoms with van der Waals surface area (Å²) in [5.74, 6) is -0.157. The van der Waals surface area contributed by atoms with Crippen LogP contribution in [0.25, 0.3) is 0 Å². The molecule has 4 heteroatoms. The molecule has 0 bridgehead atoms. The van der Waals surface area contributed by atoms with Crippen molar-refractivity contribution in [1.29, 1.82) is 0 Å². The SMILES string of the molecule is II.O=C1C=CC(=O)C1. The lowest BCUT2D eigenvalue weighted by molar-refractivity contribution is -0.120. The Hall–Kier alpha value is 0.540. The lowest BCUT2D eigenvalue weighted by atomic mass is 10.3. The summed E-state index contributed by atoms with van der Waals surface area (Å²) in [5.41, 5.74) is 0. The van der Waals surface area contributed by atoms with E-state index in [9.17, 15) is 9.59 Å². The molecule has 1 aliphatic carbocycles. The van der Waals surface area contributed by atoms with Gasteiger partial charge in [-0.2, -0.15) is 0 Å². The van der Waals surface area contributed by atoms with E-state index in [0.29, 0.717) is 0 Å². The van der Waals surface area contributed by atoms with E-state index in [-0.39, 0.29) is 18.0 Å². The summed E-state index contributed by atoms with van der Waals surface area (Å²) < 4.78 is 0. The lowest BCUT2D eigenvalue weighted by Crippen LogP contribution is -1.90. The average molecular weight is 350 g/mol. The fourth-order valence-corrected chi connectivity index (χ4v) is 0.475. The molecular formula is C5H4I2O2. The molecule has 0 aromatic heterocycles. The maximum absolute atomic E-state index is 10.1. The number of allylic oxidation sites excluding steroid dienone is 2. The first-order valence-corrected chi connectivity index (χ1v) is 8.45. The second-order valence-electron chi connectivity index (χ2n) is 1.44. The lowest BCUT2D eigenvalue weighted by Gasteiger charge is -1.72. The van der Waals surface area contributed by atoms with Crippen LogP contribution in [0, 0.1) is 0 Å². The summed E-state index contributed by atoms with van der Waals surface area (Å²) in [5, 5.41) is 0. The van der Waals surface area contributed by atoms with Crippen molar-refractivity contribution < 1.29 is 9.59 Å². The minimum Gasteiger partial charge on any atom is -0.294 e. The standard InChI is InChI=1S/C5H4O2.I2/c6-4-1-2-5(7)3-4;1-2/h1-2H,3H2;. The Morgan fingerprint density at radius 3 is 1.56 bits per heavy atom. The molecular weight excluding hydrogens is 346 g/mol. The van der Waals surface area contributed by atoms with E-state index >= 15 is 0 Å². The Balaban J connectivity index is 0.000000291. The Kier molecular flexibility index (Phi) is 5.65. The van der Waals surface area contributed by atoms with Gasteiger partial charge >= 0.3 is 0 Å². The summed E-state index contributed by atoms with van der Waals surface area (Å²) in [6, 6.07) is 0. The fourth-order valence-electron chi connectivity index (χ4n) is 0.475. The molecule has 2 nitrogen and oxygen atoms in total. The number of carbonyl (C=O) groups excluding carboxylic acids is 2. The Labute approximate surface area is 76.4 Å². The molecule has 0 radical (unpaired) electrons. The number of halogens is 2. The topological polar surface area (TPSA) is 34.1 Å². The highest BCUT2D eigenvalue weighted by Crippen LogP contribution is 1.97. The van der Waals surface area contributed by atoms with Crippen molar-refractivity contribution in [3.8, 4) is 0 Å². The molecule has 0 unspecified atom stereocenters. The molecule has 1 rings (SSSR count). The summed E-state index contributed by atoms with van der Waals surface area (Å²) in [4.78, 5) is 20.3. The van der Waals surface area contributed by atoms with Crippen LogP contribution in [0.2, 0.25) is 0 Å². The summed E-state index contributed by atoms with van der Waals surface area (Å²) in [6.07, 6.45) is 2.70. The molecule has 0 aliphatic heterocycles. The van der Waals surface area contributed by atoms with Crippen molar-refractivity contribution in [1.82, 2.24) is 0 Å². The van der Waals surface area contributed by atoms with Gasteiger partial charge in [0, 0.05) is 37.2 Å². The third-order valence-corrected chi connectivity index (χ3v) is 0.804. The van der Waals surface area contributed by atoms with Crippen LogP contribution < -0.4 is 0 Å². The van der Waals surface area contributed by atoms with Gasteiger partial charge < -0.3 is 0 Å². The van der Waals surface area contributed by atoms with Crippen LogP contribution in [0.4, 0.5) is 0 Å². The Morgan fingerprint density at radius 2 is 1.44 bits per heavy atom. The second kappa shape index (κ2) is 5.33. The zero-order chi connectivity index (χ0) is 7.28. The van der Waals surface area contributed by atoms with Gasteiger partial charge in [0.05, 0.1) is 6.42 Å². The predicted octanol–water partition coefficient (Wildman–Crippen LogP) is 1.86. The second-order valence-corrected chi connectivity index (χ2v) is 1.44. The highest BCUT2D eigenvalue weighted by molar-refractivity contribution is 15.0. The number of ketones is 2. The van der Waals surface area contributed by atoms with E-state index in [1.165, 1.54) is 12.2 Å². The molecule has 9 heavy (non-hydrogen) atoms. The quantitative estimate of drug-likeness (QED) is 0.494. The molecule has 0 amide bonds. The predicted molar refractivity (Wildman–Crippen MR) is 51.8 cm³/mol. The van der Waals surface area contributed by atoms with Gasteiger partial charge in [-0.1, -0.05) is 0 Å². The minimum atomic E-state index is -0.0787. The molecule has 0 spiro atoms. The van der Waals surface area contributed by atoms with Crippen LogP contribution in [0.15, 0.2) is 12.2 Å². The minimum absolute atomic E-state index is 0.0787. The van der Waals surface area contributed by atoms with Crippen LogP contribution >= 0.6 is 37.2 Å². The van der Waals surface area contributed by atoms with Gasteiger partial charge in [-0.25, -0.2) is 0 Å². The Morgan fingerprint density at radius 1 is 1.11 bits per heavy atom. The maximum atomic E-state index is 10.1. The van der Waals surface area contributed by atoms with Gasteiger partial charge in [0.15, 0.2) is 11.6 Å². The van der Waals surface area contributed by atoms with Crippen molar-refractivity contribution in [2.45, 2.75) is 6.42 Å². The van der Waals surface area contributed by atoms with Crippen LogP contribution in [0.1, 0.15) is 6.42 Å². The van der Waals surface area contributed by atoms with E-state index in [1.807, 2.05) is 0 Å². The summed E-state index contributed by atoms with van der Waals surface area (Å²) in [6.45, 7) is 0. The molecule has 0 atom stereocenters. The van der Waals surface area contributed by atoms with E-state index in [0.717, 1.165) is 0 Å². The zero-order valence-electron chi connectivity index (χ0n) is 4.43. The van der Waals surface area contributed by atoms with Gasteiger partial charge in [-0.05, 0) is 12.2 Å². The van der Waals surface area contributed by atoms with E-state index in [2.05, 4.69) is 37.2 Å². The van der Waals surface area contributed by atoms with Gasteiger partial charge in [-0.15, -0.1) is 0 Å². The van der Waals surface area contributed by atoms with Crippen LogP contribution in [0.3, 0.4) is 0 Å². The molecule has 50 valence electrons. The number of hydrogen-bond acceptors (Lipinski definition) is 2. The van der Waals surface area contributed by atoms with E-state index < -0.39 is 0 Å². The molecule has 0 N–H and O–H groups in total. The first-order chi connectivity index (χ1) is 4.29. The first kappa shape index (κ1) is 9.54. The molecule has 0 saturated heterocycles. The van der Waals surface area contributed by atoms with E-state index in [1.54, 1.807) is 0 Å². The van der Waals surface area contributed by atoms with Gasteiger partial charge in [0.1, 0.15) is 0 Å². The van der Waals surface area contributed by atoms with Crippen molar-refractivity contribution in [2.75, 3.05) is 0 Å². The molecule has 0 fully saturated rings. The fraction of sp³-hybridized carbons (Fsp3) is 0.200. The van der Waals surface area contributed by atoms with Gasteiger partial charge in [0.25, 0.3) is 0 Å². The number of carbonyl (C=O) groups is 2. The average Bonchev–Trinajstić information content (AvgIpc) is 2.20. The van der Waals surface area contributed by atoms with Crippen LogP contribution in [-0.4, -0.2) is 11.6 Å². The summed E-state index contributed by atoms with van der Waals surface area (Å²) in [7, 11) is 0. The smallest absolute Gasteiger partial charge is 0.163 e. The molecule has 0 saturated carbocycles. The molecule has 0 aromatic rings. The number of hydrogen-bond donors (Lipinski definition) is 0. The van der Waals surface area contributed by atoms with Crippen LogP contribution in [-0.2, 0) is 9.59 Å². The van der Waals surface area contributed by atoms with E-state index in [4.69, 9.17) is 0 Å². The monoisotopic (exact) mass is 350 g/mol. The third kappa shape index (κ3) is 4.01. The van der Waals surface area contributed by atoms with Crippen LogP contribution in [0.5, 0.6) is 0 Å².